The first kappa shape index (κ1) is 26.6. The number of ether oxygens (including phenoxy) is 1. The summed E-state index contributed by atoms with van der Waals surface area (Å²) in [5.74, 6) is -19.4. The number of fused-ring (bicyclic) bond motifs is 2. The van der Waals surface area contributed by atoms with E-state index in [1.54, 1.807) is 13.8 Å². The fourth-order valence-corrected chi connectivity index (χ4v) is 6.50. The zero-order valence-electron chi connectivity index (χ0n) is 17.0. The summed E-state index contributed by atoms with van der Waals surface area (Å²) in [6, 6.07) is 0. The maximum atomic E-state index is 13.6. The highest BCUT2D eigenvalue weighted by molar-refractivity contribution is 7.90. The molecule has 2 aliphatic carbocycles. The van der Waals surface area contributed by atoms with Crippen LogP contribution < -0.4 is 4.72 Å². The van der Waals surface area contributed by atoms with Gasteiger partial charge in [0.05, 0.1) is 5.75 Å². The molecular weight excluding hydrogens is 482 g/mol. The zero-order chi connectivity index (χ0) is 25.1. The van der Waals surface area contributed by atoms with Crippen molar-refractivity contribution in [1.82, 2.24) is 4.72 Å². The Bertz CT molecular complexity index is 886. The quantitative estimate of drug-likeness (QED) is 0.425. The van der Waals surface area contributed by atoms with Crippen molar-refractivity contribution in [3.63, 3.8) is 0 Å². The van der Waals surface area contributed by atoms with Gasteiger partial charge in [-0.05, 0) is 37.5 Å². The molecule has 32 heavy (non-hydrogen) atoms. The lowest BCUT2D eigenvalue weighted by Crippen LogP contribution is -2.61. The molecule has 0 saturated heterocycles. The summed E-state index contributed by atoms with van der Waals surface area (Å²) in [6.45, 7) is 4.01. The van der Waals surface area contributed by atoms with E-state index in [-0.39, 0.29) is 18.8 Å². The molecule has 4 atom stereocenters. The minimum atomic E-state index is -6.84. The molecule has 15 heteroatoms. The van der Waals surface area contributed by atoms with Gasteiger partial charge in [-0.1, -0.05) is 13.8 Å². The van der Waals surface area contributed by atoms with E-state index in [9.17, 15) is 53.1 Å². The van der Waals surface area contributed by atoms with Gasteiger partial charge in [-0.2, -0.15) is 30.7 Å². The van der Waals surface area contributed by atoms with E-state index in [4.69, 9.17) is 4.74 Å². The molecule has 0 radical (unpaired) electrons. The van der Waals surface area contributed by atoms with Gasteiger partial charge in [0.1, 0.15) is 6.10 Å². The highest BCUT2D eigenvalue weighted by atomic mass is 32.2. The summed E-state index contributed by atoms with van der Waals surface area (Å²) in [5.41, 5.74) is -2.45. The zero-order valence-corrected chi connectivity index (χ0v) is 17.9. The molecule has 1 N–H and O–H groups in total. The van der Waals surface area contributed by atoms with Crippen molar-refractivity contribution in [2.45, 2.75) is 70.3 Å². The van der Waals surface area contributed by atoms with Crippen LogP contribution >= 0.6 is 0 Å². The molecule has 1 amide bonds. The van der Waals surface area contributed by atoms with Gasteiger partial charge in [-0.3, -0.25) is 4.79 Å². The van der Waals surface area contributed by atoms with Gasteiger partial charge in [-0.15, -0.1) is 0 Å². The first-order valence-corrected chi connectivity index (χ1v) is 11.0. The summed E-state index contributed by atoms with van der Waals surface area (Å²) in [6.07, 6.45) is -9.56. The van der Waals surface area contributed by atoms with Crippen LogP contribution in [0, 0.1) is 16.7 Å². The molecule has 2 bridgehead atoms. The van der Waals surface area contributed by atoms with E-state index < -0.39 is 68.8 Å². The maximum absolute atomic E-state index is 13.6. The lowest BCUT2D eigenvalue weighted by molar-refractivity contribution is -0.343. The van der Waals surface area contributed by atoms with Crippen molar-refractivity contribution >= 4 is 21.9 Å². The number of amides is 1. The molecule has 2 aliphatic rings. The van der Waals surface area contributed by atoms with Crippen LogP contribution in [0.1, 0.15) is 40.0 Å². The molecule has 2 fully saturated rings. The molecule has 6 nitrogen and oxygen atoms in total. The molecule has 0 aliphatic heterocycles. The van der Waals surface area contributed by atoms with Gasteiger partial charge in [0.2, 0.25) is 10.0 Å². The van der Waals surface area contributed by atoms with E-state index in [1.165, 1.54) is 0 Å². The van der Waals surface area contributed by atoms with Crippen LogP contribution in [-0.2, 0) is 24.3 Å². The standard InChI is InChI=1S/C17H21F8NO5S/c1-8(18)11(27)31-10-6-9-4-5-14(10,13(9,2)3)7-32(29,30)26-12(28)15(19,20)16(21,22)17(23,24)25/h8-10H,4-7H2,1-3H3,(H,26,28). The highest BCUT2D eigenvalue weighted by Crippen LogP contribution is 2.67. The lowest BCUT2D eigenvalue weighted by Gasteiger charge is -2.41. The van der Waals surface area contributed by atoms with Crippen LogP contribution in [0.5, 0.6) is 0 Å². The average Bonchev–Trinajstić information content (AvgIpc) is 2.94. The van der Waals surface area contributed by atoms with Crippen LogP contribution in [0.15, 0.2) is 0 Å². The predicted molar refractivity (Wildman–Crippen MR) is 91.9 cm³/mol. The second-order valence-electron chi connectivity index (χ2n) is 8.73. The van der Waals surface area contributed by atoms with Gasteiger partial charge >= 0.3 is 29.9 Å². The summed E-state index contributed by atoms with van der Waals surface area (Å²) in [5, 5.41) is 0. The average molecular weight is 503 g/mol. The molecule has 0 aromatic heterocycles. The number of halogens is 8. The molecule has 186 valence electrons. The van der Waals surface area contributed by atoms with Crippen LogP contribution in [-0.4, -0.2) is 56.3 Å². The third-order valence-electron chi connectivity index (χ3n) is 6.67. The van der Waals surface area contributed by atoms with Crippen molar-refractivity contribution in [3.8, 4) is 0 Å². The molecule has 0 aromatic carbocycles. The topological polar surface area (TPSA) is 89.5 Å². The fraction of sp³-hybridized carbons (Fsp3) is 0.882. The molecular formula is C17H21F8NO5S. The summed E-state index contributed by atoms with van der Waals surface area (Å²) < 4.78 is 134. The third-order valence-corrected chi connectivity index (χ3v) is 8.06. The Morgan fingerprint density at radius 1 is 1.12 bits per heavy atom. The van der Waals surface area contributed by atoms with Crippen molar-refractivity contribution in [3.05, 3.63) is 0 Å². The largest absolute Gasteiger partial charge is 0.460 e. The van der Waals surface area contributed by atoms with E-state index in [2.05, 4.69) is 0 Å². The van der Waals surface area contributed by atoms with Crippen LogP contribution in [0.2, 0.25) is 0 Å². The number of esters is 1. The van der Waals surface area contributed by atoms with E-state index in [0.717, 1.165) is 6.92 Å². The minimum absolute atomic E-state index is 0.0352. The van der Waals surface area contributed by atoms with Crippen molar-refractivity contribution in [1.29, 1.82) is 0 Å². The van der Waals surface area contributed by atoms with Gasteiger partial charge < -0.3 is 4.74 Å². The Morgan fingerprint density at radius 2 is 1.66 bits per heavy atom. The highest BCUT2D eigenvalue weighted by Gasteiger charge is 2.77. The Kier molecular flexibility index (Phi) is 6.39. The van der Waals surface area contributed by atoms with Crippen LogP contribution in [0.25, 0.3) is 0 Å². The molecule has 2 rings (SSSR count). The Hall–Kier alpha value is -1.67. The monoisotopic (exact) mass is 503 g/mol. The third kappa shape index (κ3) is 4.04. The normalized spacial score (nSPS) is 29.0. The van der Waals surface area contributed by atoms with Crippen LogP contribution in [0.3, 0.4) is 0 Å². The number of hydrogen-bond donors (Lipinski definition) is 1. The summed E-state index contributed by atoms with van der Waals surface area (Å²) >= 11 is 0. The van der Waals surface area contributed by atoms with Crippen molar-refractivity contribution in [2.75, 3.05) is 5.75 Å². The smallest absolute Gasteiger partial charge is 0.460 e. The first-order valence-electron chi connectivity index (χ1n) is 9.34. The molecule has 0 spiro atoms. The molecule has 0 heterocycles. The number of alkyl halides is 8. The summed E-state index contributed by atoms with van der Waals surface area (Å²) in [7, 11) is -5.22. The SMILES string of the molecule is CC(F)C(=O)OC1CC2CCC1(CS(=O)(=O)NC(=O)C(F)(F)C(F)(F)C(F)(F)F)C2(C)C. The van der Waals surface area contributed by atoms with Gasteiger partial charge in [0, 0.05) is 5.41 Å². The Balaban J connectivity index is 2.32. The minimum Gasteiger partial charge on any atom is -0.460 e. The predicted octanol–water partition coefficient (Wildman–Crippen LogP) is 3.36. The number of hydrogen-bond acceptors (Lipinski definition) is 5. The molecule has 2 saturated carbocycles. The second-order valence-corrected chi connectivity index (χ2v) is 10.4. The number of sulfonamides is 1. The van der Waals surface area contributed by atoms with Crippen LogP contribution in [0.4, 0.5) is 35.1 Å². The number of carbonyl (C=O) groups is 2. The van der Waals surface area contributed by atoms with Gasteiger partial charge in [0.15, 0.2) is 6.17 Å². The second kappa shape index (κ2) is 7.69. The van der Waals surface area contributed by atoms with Crippen molar-refractivity contribution < 1.29 is 57.9 Å². The number of rotatable bonds is 7. The van der Waals surface area contributed by atoms with Gasteiger partial charge in [-0.25, -0.2) is 22.3 Å². The number of nitrogens with one attached hydrogen (secondary N) is 1. The van der Waals surface area contributed by atoms with E-state index >= 15 is 0 Å². The summed E-state index contributed by atoms with van der Waals surface area (Å²) in [4.78, 5) is 23.2. The molecule has 4 unspecified atom stereocenters. The Labute approximate surface area is 178 Å². The van der Waals surface area contributed by atoms with E-state index in [1.807, 2.05) is 0 Å². The lowest BCUT2D eigenvalue weighted by atomic mass is 9.69. The number of carbonyl (C=O) groups excluding carboxylic acids is 2. The van der Waals surface area contributed by atoms with Gasteiger partial charge in [0.25, 0.3) is 0 Å². The fourth-order valence-electron chi connectivity index (χ4n) is 4.64. The maximum Gasteiger partial charge on any atom is 0.460 e. The Morgan fingerprint density at radius 3 is 2.09 bits per heavy atom. The molecule has 0 aromatic rings. The van der Waals surface area contributed by atoms with Crippen molar-refractivity contribution in [2.24, 2.45) is 16.7 Å². The van der Waals surface area contributed by atoms with E-state index in [0.29, 0.717) is 11.1 Å². The first-order chi connectivity index (χ1) is 14.1.